The van der Waals surface area contributed by atoms with Crippen molar-refractivity contribution in [1.29, 1.82) is 0 Å². The molecule has 0 aliphatic carbocycles. The molecule has 0 aromatic heterocycles. The molecular formula is C16H16N2O4. The molecule has 0 aliphatic rings. The lowest BCUT2D eigenvalue weighted by Crippen LogP contribution is -1.94. The van der Waals surface area contributed by atoms with Crippen LogP contribution in [0.2, 0.25) is 0 Å². The van der Waals surface area contributed by atoms with Crippen LogP contribution in [0.4, 0.5) is 11.4 Å². The molecule has 0 amide bonds. The zero-order chi connectivity index (χ0) is 16.3. The van der Waals surface area contributed by atoms with Crippen molar-refractivity contribution in [3.8, 4) is 11.5 Å². The minimum atomic E-state index is -0.660. The second kappa shape index (κ2) is 6.26. The molecule has 0 radical (unpaired) electrons. The maximum Gasteiger partial charge on any atom is 0.315 e. The summed E-state index contributed by atoms with van der Waals surface area (Å²) in [7, 11) is 1.34. The molecule has 114 valence electrons. The third-order valence-corrected chi connectivity index (χ3v) is 3.21. The first-order chi connectivity index (χ1) is 10.4. The average molecular weight is 300 g/mol. The van der Waals surface area contributed by atoms with Gasteiger partial charge in [0, 0.05) is 17.8 Å². The molecule has 22 heavy (non-hydrogen) atoms. The van der Waals surface area contributed by atoms with E-state index in [9.17, 15) is 15.2 Å². The van der Waals surface area contributed by atoms with Gasteiger partial charge in [0.15, 0.2) is 5.75 Å². The van der Waals surface area contributed by atoms with Crippen molar-refractivity contribution in [3.05, 3.63) is 57.1 Å². The van der Waals surface area contributed by atoms with Crippen LogP contribution in [0.5, 0.6) is 11.5 Å². The largest absolute Gasteiger partial charge is 0.500 e. The smallest absolute Gasteiger partial charge is 0.315 e. The Morgan fingerprint density at radius 3 is 2.64 bits per heavy atom. The Balaban J connectivity index is 2.45. The number of methoxy groups -OCH3 is 1. The molecule has 0 atom stereocenters. The zero-order valence-electron chi connectivity index (χ0n) is 12.5. The number of nitro benzene ring substituents is 1. The van der Waals surface area contributed by atoms with Crippen LogP contribution in [0.15, 0.2) is 35.3 Å². The molecular weight excluding hydrogens is 284 g/mol. The molecule has 6 heteroatoms. The SMILES string of the molecule is COc1cc(C=Nc2cc(C)ccc2C)cc([N+](=O)[O-])c1O. The number of aromatic hydroxyl groups is 1. The van der Waals surface area contributed by atoms with E-state index in [1.165, 1.54) is 25.5 Å². The van der Waals surface area contributed by atoms with E-state index in [0.717, 1.165) is 16.8 Å². The van der Waals surface area contributed by atoms with Gasteiger partial charge in [-0.1, -0.05) is 12.1 Å². The van der Waals surface area contributed by atoms with Gasteiger partial charge in [-0.3, -0.25) is 15.1 Å². The van der Waals surface area contributed by atoms with Gasteiger partial charge < -0.3 is 9.84 Å². The highest BCUT2D eigenvalue weighted by Crippen LogP contribution is 2.36. The first-order valence-corrected chi connectivity index (χ1v) is 6.59. The Morgan fingerprint density at radius 1 is 1.27 bits per heavy atom. The van der Waals surface area contributed by atoms with E-state index in [0.29, 0.717) is 5.56 Å². The number of phenolic OH excluding ortho intramolecular Hbond substituents is 1. The van der Waals surface area contributed by atoms with Crippen LogP contribution in [0, 0.1) is 24.0 Å². The zero-order valence-corrected chi connectivity index (χ0v) is 12.5. The second-order valence-corrected chi connectivity index (χ2v) is 4.90. The number of aryl methyl sites for hydroxylation is 2. The molecule has 2 aromatic rings. The fraction of sp³-hybridized carbons (Fsp3) is 0.188. The maximum absolute atomic E-state index is 11.0. The van der Waals surface area contributed by atoms with Crippen LogP contribution in [-0.2, 0) is 0 Å². The van der Waals surface area contributed by atoms with Crippen molar-refractivity contribution in [2.45, 2.75) is 13.8 Å². The summed E-state index contributed by atoms with van der Waals surface area (Å²) in [6.07, 6.45) is 1.51. The summed E-state index contributed by atoms with van der Waals surface area (Å²) in [5.41, 5.74) is 2.92. The molecule has 0 bridgehead atoms. The second-order valence-electron chi connectivity index (χ2n) is 4.90. The van der Waals surface area contributed by atoms with Crippen molar-refractivity contribution < 1.29 is 14.8 Å². The highest BCUT2D eigenvalue weighted by molar-refractivity contribution is 5.85. The molecule has 2 aromatic carbocycles. The van der Waals surface area contributed by atoms with E-state index in [-0.39, 0.29) is 5.75 Å². The van der Waals surface area contributed by atoms with E-state index in [4.69, 9.17) is 4.74 Å². The van der Waals surface area contributed by atoms with E-state index in [1.807, 2.05) is 32.0 Å². The first kappa shape index (κ1) is 15.5. The van der Waals surface area contributed by atoms with Crippen LogP contribution in [0.25, 0.3) is 0 Å². The minimum absolute atomic E-state index is 0.0385. The number of nitro groups is 1. The van der Waals surface area contributed by atoms with E-state index < -0.39 is 16.4 Å². The standard InChI is InChI=1S/C16H16N2O4/c1-10-4-5-11(2)13(6-10)17-9-12-7-14(18(20)21)16(19)15(8-12)22-3/h4-9,19H,1-3H3. The Kier molecular flexibility index (Phi) is 4.41. The van der Waals surface area contributed by atoms with Crippen molar-refractivity contribution in [3.63, 3.8) is 0 Å². The quantitative estimate of drug-likeness (QED) is 0.530. The van der Waals surface area contributed by atoms with Gasteiger partial charge in [0.25, 0.3) is 0 Å². The topological polar surface area (TPSA) is 85.0 Å². The number of hydrogen-bond donors (Lipinski definition) is 1. The summed E-state index contributed by atoms with van der Waals surface area (Å²) in [4.78, 5) is 14.7. The highest BCUT2D eigenvalue weighted by Gasteiger charge is 2.19. The van der Waals surface area contributed by atoms with Gasteiger partial charge in [0.2, 0.25) is 5.75 Å². The third-order valence-electron chi connectivity index (χ3n) is 3.21. The van der Waals surface area contributed by atoms with Crippen molar-refractivity contribution in [2.24, 2.45) is 4.99 Å². The van der Waals surface area contributed by atoms with Crippen molar-refractivity contribution in [2.75, 3.05) is 7.11 Å². The number of rotatable bonds is 4. The highest BCUT2D eigenvalue weighted by atomic mass is 16.6. The predicted molar refractivity (Wildman–Crippen MR) is 84.5 cm³/mol. The van der Waals surface area contributed by atoms with Gasteiger partial charge in [0.1, 0.15) is 0 Å². The van der Waals surface area contributed by atoms with Crippen LogP contribution < -0.4 is 4.74 Å². The minimum Gasteiger partial charge on any atom is -0.500 e. The van der Waals surface area contributed by atoms with E-state index in [1.54, 1.807) is 0 Å². The number of hydrogen-bond acceptors (Lipinski definition) is 5. The number of ether oxygens (including phenoxy) is 1. The number of benzene rings is 2. The van der Waals surface area contributed by atoms with Gasteiger partial charge in [-0.25, -0.2) is 0 Å². The lowest BCUT2D eigenvalue weighted by molar-refractivity contribution is -0.386. The van der Waals surface area contributed by atoms with Crippen LogP contribution in [-0.4, -0.2) is 23.4 Å². The van der Waals surface area contributed by atoms with Gasteiger partial charge in [0.05, 0.1) is 17.7 Å². The van der Waals surface area contributed by atoms with Gasteiger partial charge in [-0.05, 0) is 37.1 Å². The van der Waals surface area contributed by atoms with Crippen LogP contribution in [0.1, 0.15) is 16.7 Å². The first-order valence-electron chi connectivity index (χ1n) is 6.59. The van der Waals surface area contributed by atoms with Crippen LogP contribution >= 0.6 is 0 Å². The molecule has 1 N–H and O–H groups in total. The summed E-state index contributed by atoms with van der Waals surface area (Å²) in [6, 6.07) is 8.63. The summed E-state index contributed by atoms with van der Waals surface area (Å²) in [6.45, 7) is 3.90. The monoisotopic (exact) mass is 300 g/mol. The summed E-state index contributed by atoms with van der Waals surface area (Å²) in [5, 5.41) is 20.7. The van der Waals surface area contributed by atoms with Gasteiger partial charge >= 0.3 is 5.69 Å². The molecule has 0 heterocycles. The normalized spacial score (nSPS) is 10.9. The Labute approximate surface area is 127 Å². The Bertz CT molecular complexity index is 754. The van der Waals surface area contributed by atoms with Crippen LogP contribution in [0.3, 0.4) is 0 Å². The predicted octanol–water partition coefficient (Wildman–Crippen LogP) is 3.68. The van der Waals surface area contributed by atoms with Crippen molar-refractivity contribution >= 4 is 17.6 Å². The third kappa shape index (κ3) is 3.22. The number of phenols is 1. The van der Waals surface area contributed by atoms with Crippen molar-refractivity contribution in [1.82, 2.24) is 0 Å². The molecule has 0 saturated heterocycles. The average Bonchev–Trinajstić information content (AvgIpc) is 2.48. The van der Waals surface area contributed by atoms with E-state index >= 15 is 0 Å². The molecule has 0 aliphatic heterocycles. The Hall–Kier alpha value is -2.89. The molecule has 0 fully saturated rings. The fourth-order valence-electron chi connectivity index (χ4n) is 1.99. The van der Waals surface area contributed by atoms with E-state index in [2.05, 4.69) is 4.99 Å². The summed E-state index contributed by atoms with van der Waals surface area (Å²) in [5.74, 6) is -0.451. The lowest BCUT2D eigenvalue weighted by atomic mass is 10.1. The van der Waals surface area contributed by atoms with Gasteiger partial charge in [-0.2, -0.15) is 0 Å². The molecule has 0 spiro atoms. The maximum atomic E-state index is 11.0. The molecule has 2 rings (SSSR count). The summed E-state index contributed by atoms with van der Waals surface area (Å²) < 4.78 is 4.96. The number of aliphatic imine (C=N–C) groups is 1. The molecule has 6 nitrogen and oxygen atoms in total. The number of nitrogens with zero attached hydrogens (tertiary/aromatic N) is 2. The molecule has 0 saturated carbocycles. The van der Waals surface area contributed by atoms with Gasteiger partial charge in [-0.15, -0.1) is 0 Å². The molecule has 0 unspecified atom stereocenters. The Morgan fingerprint density at radius 2 is 2.00 bits per heavy atom. The fourth-order valence-corrected chi connectivity index (χ4v) is 1.99. The summed E-state index contributed by atoms with van der Waals surface area (Å²) >= 11 is 0. The lowest BCUT2D eigenvalue weighted by Gasteiger charge is -2.05.